The number of hydrogen-bond donors (Lipinski definition) is 2. The number of aryl methyl sites for hydroxylation is 1. The highest BCUT2D eigenvalue weighted by Crippen LogP contribution is 2.12. The first-order chi connectivity index (χ1) is 9.20. The van der Waals surface area contributed by atoms with Crippen LogP contribution in [0.1, 0.15) is 27.9 Å². The molecule has 1 saturated heterocycles. The summed E-state index contributed by atoms with van der Waals surface area (Å²) in [6.07, 6.45) is 0.843. The quantitative estimate of drug-likeness (QED) is 0.774. The summed E-state index contributed by atoms with van der Waals surface area (Å²) in [6.45, 7) is 2.98. The molecule has 1 heterocycles. The molecule has 1 aromatic carbocycles. The van der Waals surface area contributed by atoms with Gasteiger partial charge in [0.15, 0.2) is 0 Å². The van der Waals surface area contributed by atoms with Crippen LogP contribution in [-0.2, 0) is 4.74 Å². The molecular formula is C15H17NO3. The van der Waals surface area contributed by atoms with Crippen LogP contribution in [0.25, 0.3) is 0 Å². The number of aliphatic hydroxyl groups is 1. The molecule has 19 heavy (non-hydrogen) atoms. The van der Waals surface area contributed by atoms with Gasteiger partial charge in [0.1, 0.15) is 6.61 Å². The van der Waals surface area contributed by atoms with Crippen LogP contribution < -0.4 is 5.32 Å². The van der Waals surface area contributed by atoms with E-state index in [-0.39, 0.29) is 18.6 Å². The molecule has 1 unspecified atom stereocenters. The van der Waals surface area contributed by atoms with E-state index in [9.17, 15) is 4.79 Å². The molecule has 0 aliphatic carbocycles. The van der Waals surface area contributed by atoms with E-state index >= 15 is 0 Å². The third kappa shape index (κ3) is 3.57. The van der Waals surface area contributed by atoms with Crippen LogP contribution in [-0.4, -0.2) is 36.9 Å². The number of nitrogens with one attached hydrogen (secondary N) is 1. The van der Waals surface area contributed by atoms with Crippen LogP contribution >= 0.6 is 0 Å². The first kappa shape index (κ1) is 13.6. The Morgan fingerprint density at radius 2 is 2.42 bits per heavy atom. The number of carbonyl (C=O) groups excluding carboxylic acids is 1. The van der Waals surface area contributed by atoms with Crippen LogP contribution in [0.5, 0.6) is 0 Å². The highest BCUT2D eigenvalue weighted by molar-refractivity contribution is 5.97. The van der Waals surface area contributed by atoms with E-state index < -0.39 is 0 Å². The molecule has 0 bridgehead atoms. The fourth-order valence-corrected chi connectivity index (χ4v) is 2.01. The molecule has 0 aromatic heterocycles. The van der Waals surface area contributed by atoms with Crippen LogP contribution in [0.3, 0.4) is 0 Å². The number of benzene rings is 1. The van der Waals surface area contributed by atoms with E-state index in [1.54, 1.807) is 6.07 Å². The predicted octanol–water partition coefficient (Wildman–Crippen LogP) is 0.858. The molecule has 1 aliphatic rings. The van der Waals surface area contributed by atoms with E-state index in [0.29, 0.717) is 24.3 Å². The lowest BCUT2D eigenvalue weighted by Crippen LogP contribution is -2.35. The predicted molar refractivity (Wildman–Crippen MR) is 71.8 cm³/mol. The fourth-order valence-electron chi connectivity index (χ4n) is 2.01. The maximum atomic E-state index is 12.2. The Bertz CT molecular complexity index is 522. The summed E-state index contributed by atoms with van der Waals surface area (Å²) >= 11 is 0. The van der Waals surface area contributed by atoms with Crippen molar-refractivity contribution >= 4 is 5.91 Å². The first-order valence-corrected chi connectivity index (χ1v) is 6.29. The van der Waals surface area contributed by atoms with Crippen molar-refractivity contribution in [2.24, 2.45) is 0 Å². The van der Waals surface area contributed by atoms with Crippen molar-refractivity contribution in [2.75, 3.05) is 19.8 Å². The first-order valence-electron chi connectivity index (χ1n) is 6.29. The number of rotatable bonds is 2. The van der Waals surface area contributed by atoms with Gasteiger partial charge in [0.2, 0.25) is 0 Å². The molecule has 4 nitrogen and oxygen atoms in total. The second kappa shape index (κ2) is 6.37. The van der Waals surface area contributed by atoms with Crippen LogP contribution in [0.2, 0.25) is 0 Å². The summed E-state index contributed by atoms with van der Waals surface area (Å²) in [5, 5.41) is 11.7. The summed E-state index contributed by atoms with van der Waals surface area (Å²) < 4.78 is 5.23. The van der Waals surface area contributed by atoms with E-state index in [0.717, 1.165) is 12.0 Å². The minimum Gasteiger partial charge on any atom is -0.384 e. The minimum absolute atomic E-state index is 0.0763. The van der Waals surface area contributed by atoms with Crippen molar-refractivity contribution in [1.29, 1.82) is 0 Å². The Morgan fingerprint density at radius 1 is 1.58 bits per heavy atom. The third-order valence-corrected chi connectivity index (χ3v) is 2.99. The van der Waals surface area contributed by atoms with E-state index in [1.807, 2.05) is 19.1 Å². The SMILES string of the molecule is Cc1ccc(C(=O)NC2CCOC2)c(C#CCO)c1. The number of amides is 1. The van der Waals surface area contributed by atoms with Crippen LogP contribution in [0, 0.1) is 18.8 Å². The van der Waals surface area contributed by atoms with Crippen molar-refractivity contribution in [3.05, 3.63) is 34.9 Å². The molecule has 1 amide bonds. The Kier molecular flexibility index (Phi) is 4.56. The molecule has 100 valence electrons. The lowest BCUT2D eigenvalue weighted by Gasteiger charge is -2.12. The summed E-state index contributed by atoms with van der Waals surface area (Å²) in [6, 6.07) is 5.57. The van der Waals surface area contributed by atoms with Crippen molar-refractivity contribution < 1.29 is 14.6 Å². The van der Waals surface area contributed by atoms with Gasteiger partial charge in [0.05, 0.1) is 18.2 Å². The van der Waals surface area contributed by atoms with Gasteiger partial charge in [-0.15, -0.1) is 0 Å². The molecule has 2 N–H and O–H groups in total. The molecule has 0 spiro atoms. The molecule has 1 aromatic rings. The van der Waals surface area contributed by atoms with Gasteiger partial charge in [-0.2, -0.15) is 0 Å². The smallest absolute Gasteiger partial charge is 0.252 e. The molecule has 1 atom stereocenters. The van der Waals surface area contributed by atoms with Crippen molar-refractivity contribution in [3.63, 3.8) is 0 Å². The van der Waals surface area contributed by atoms with Gasteiger partial charge in [-0.1, -0.05) is 17.9 Å². The number of ether oxygens (including phenoxy) is 1. The Hall–Kier alpha value is -1.83. The van der Waals surface area contributed by atoms with E-state index in [1.165, 1.54) is 0 Å². The monoisotopic (exact) mass is 259 g/mol. The van der Waals surface area contributed by atoms with Crippen molar-refractivity contribution in [3.8, 4) is 11.8 Å². The Balaban J connectivity index is 2.19. The summed E-state index contributed by atoms with van der Waals surface area (Å²) in [5.41, 5.74) is 2.21. The van der Waals surface area contributed by atoms with Gasteiger partial charge in [-0.25, -0.2) is 0 Å². The van der Waals surface area contributed by atoms with Gasteiger partial charge >= 0.3 is 0 Å². The minimum atomic E-state index is -0.217. The summed E-state index contributed by atoms with van der Waals surface area (Å²) in [4.78, 5) is 12.2. The highest BCUT2D eigenvalue weighted by Gasteiger charge is 2.19. The summed E-state index contributed by atoms with van der Waals surface area (Å²) in [5.74, 6) is 5.26. The second-order valence-electron chi connectivity index (χ2n) is 4.54. The standard InChI is InChI=1S/C15H17NO3/c1-11-4-5-14(12(9-11)3-2-7-17)15(18)16-13-6-8-19-10-13/h4-5,9,13,17H,6-8,10H2,1H3,(H,16,18). The Morgan fingerprint density at radius 3 is 3.11 bits per heavy atom. The molecule has 0 radical (unpaired) electrons. The van der Waals surface area contributed by atoms with Crippen molar-refractivity contribution in [1.82, 2.24) is 5.32 Å². The lowest BCUT2D eigenvalue weighted by molar-refractivity contribution is 0.0929. The second-order valence-corrected chi connectivity index (χ2v) is 4.54. The zero-order valence-corrected chi connectivity index (χ0v) is 10.9. The van der Waals surface area contributed by atoms with Crippen molar-refractivity contribution in [2.45, 2.75) is 19.4 Å². The van der Waals surface area contributed by atoms with Gasteiger partial charge in [0.25, 0.3) is 5.91 Å². The molecule has 1 aliphatic heterocycles. The van der Waals surface area contributed by atoms with Gasteiger partial charge in [-0.05, 0) is 31.0 Å². The van der Waals surface area contributed by atoms with E-state index in [4.69, 9.17) is 9.84 Å². The molecular weight excluding hydrogens is 242 g/mol. The normalized spacial score (nSPS) is 17.7. The largest absolute Gasteiger partial charge is 0.384 e. The Labute approximate surface area is 112 Å². The average Bonchev–Trinajstić information content (AvgIpc) is 2.89. The number of carbonyl (C=O) groups is 1. The number of hydrogen-bond acceptors (Lipinski definition) is 3. The van der Waals surface area contributed by atoms with Gasteiger partial charge in [-0.3, -0.25) is 4.79 Å². The van der Waals surface area contributed by atoms with Crippen LogP contribution in [0.15, 0.2) is 18.2 Å². The number of aliphatic hydroxyl groups excluding tert-OH is 1. The van der Waals surface area contributed by atoms with E-state index in [2.05, 4.69) is 17.2 Å². The fraction of sp³-hybridized carbons (Fsp3) is 0.400. The maximum Gasteiger partial charge on any atom is 0.252 e. The highest BCUT2D eigenvalue weighted by atomic mass is 16.5. The zero-order valence-electron chi connectivity index (χ0n) is 10.9. The molecule has 4 heteroatoms. The third-order valence-electron chi connectivity index (χ3n) is 2.99. The molecule has 1 fully saturated rings. The maximum absolute atomic E-state index is 12.2. The van der Waals surface area contributed by atoms with Crippen LogP contribution in [0.4, 0.5) is 0 Å². The van der Waals surface area contributed by atoms with Gasteiger partial charge < -0.3 is 15.2 Å². The zero-order chi connectivity index (χ0) is 13.7. The topological polar surface area (TPSA) is 58.6 Å². The summed E-state index contributed by atoms with van der Waals surface area (Å²) in [7, 11) is 0. The lowest BCUT2D eigenvalue weighted by atomic mass is 10.0. The van der Waals surface area contributed by atoms with Gasteiger partial charge in [0, 0.05) is 12.2 Å². The molecule has 0 saturated carbocycles. The molecule has 2 rings (SSSR count). The average molecular weight is 259 g/mol.